The van der Waals surface area contributed by atoms with Crippen LogP contribution in [0.3, 0.4) is 0 Å². The molecule has 2 rings (SSSR count). The molecule has 0 saturated carbocycles. The van der Waals surface area contributed by atoms with Gasteiger partial charge >= 0.3 is 0 Å². The maximum absolute atomic E-state index is 5.21. The van der Waals surface area contributed by atoms with Crippen molar-refractivity contribution in [3.05, 3.63) is 34.0 Å². The molecule has 0 bridgehead atoms. The van der Waals surface area contributed by atoms with Crippen LogP contribution in [-0.2, 0) is 17.9 Å². The van der Waals surface area contributed by atoms with E-state index in [1.54, 1.807) is 18.4 Å². The zero-order chi connectivity index (χ0) is 13.8. The molecule has 0 aromatic carbocycles. The largest absolute Gasteiger partial charge is 0.378 e. The molecular weight excluding hydrogens is 258 g/mol. The molecule has 1 N–H and O–H groups in total. The Labute approximate surface area is 117 Å². The van der Waals surface area contributed by atoms with E-state index < -0.39 is 0 Å². The highest BCUT2D eigenvalue weighted by molar-refractivity contribution is 7.15. The molecule has 19 heavy (non-hydrogen) atoms. The molecule has 0 spiro atoms. The Morgan fingerprint density at radius 2 is 2.16 bits per heavy atom. The Bertz CT molecular complexity index is 542. The van der Waals surface area contributed by atoms with Crippen molar-refractivity contribution in [1.29, 1.82) is 0 Å². The first-order chi connectivity index (χ1) is 9.15. The highest BCUT2D eigenvalue weighted by atomic mass is 32.1. The van der Waals surface area contributed by atoms with Gasteiger partial charge < -0.3 is 10.1 Å². The van der Waals surface area contributed by atoms with Gasteiger partial charge in [-0.1, -0.05) is 6.07 Å². The molecule has 0 saturated heterocycles. The summed E-state index contributed by atoms with van der Waals surface area (Å²) in [5.41, 5.74) is 4.30. The Hall–Kier alpha value is -1.30. The first-order valence-corrected chi connectivity index (χ1v) is 7.03. The normalized spacial score (nSPS) is 10.9. The lowest BCUT2D eigenvalue weighted by Gasteiger charge is -2.01. The standard InChI is InChI=1S/C14H19N3OS/c1-9-5-10(2)13(16-6-9)14-17-11(8-18-4)12(19-14)7-15-3/h5-6,15H,7-8H2,1-4H3. The number of hydrogen-bond donors (Lipinski definition) is 1. The van der Waals surface area contributed by atoms with Gasteiger partial charge in [-0.3, -0.25) is 4.98 Å². The van der Waals surface area contributed by atoms with Crippen molar-refractivity contribution >= 4 is 11.3 Å². The Balaban J connectivity index is 2.41. The zero-order valence-electron chi connectivity index (χ0n) is 11.8. The van der Waals surface area contributed by atoms with Gasteiger partial charge in [-0.05, 0) is 32.0 Å². The van der Waals surface area contributed by atoms with Gasteiger partial charge in [-0.2, -0.15) is 0 Å². The van der Waals surface area contributed by atoms with Crippen LogP contribution in [0.5, 0.6) is 0 Å². The van der Waals surface area contributed by atoms with Crippen molar-refractivity contribution in [3.63, 3.8) is 0 Å². The van der Waals surface area contributed by atoms with E-state index >= 15 is 0 Å². The number of nitrogens with one attached hydrogen (secondary N) is 1. The van der Waals surface area contributed by atoms with E-state index in [2.05, 4.69) is 35.2 Å². The SMILES string of the molecule is CNCc1sc(-c2ncc(C)cc2C)nc1COC. The number of thiazole rings is 1. The average Bonchev–Trinajstić information content (AvgIpc) is 2.73. The van der Waals surface area contributed by atoms with Crippen LogP contribution < -0.4 is 5.32 Å². The van der Waals surface area contributed by atoms with Crippen LogP contribution in [0.4, 0.5) is 0 Å². The lowest BCUT2D eigenvalue weighted by molar-refractivity contribution is 0.181. The van der Waals surface area contributed by atoms with Crippen molar-refractivity contribution in [2.45, 2.75) is 27.0 Å². The second-order valence-electron chi connectivity index (χ2n) is 4.53. The molecule has 0 aliphatic rings. The van der Waals surface area contributed by atoms with Gasteiger partial charge in [0.1, 0.15) is 10.7 Å². The van der Waals surface area contributed by atoms with Gasteiger partial charge in [-0.25, -0.2) is 4.98 Å². The molecule has 0 amide bonds. The summed E-state index contributed by atoms with van der Waals surface area (Å²) in [5.74, 6) is 0. The number of aromatic nitrogens is 2. The molecule has 0 unspecified atom stereocenters. The van der Waals surface area contributed by atoms with E-state index in [1.807, 2.05) is 13.2 Å². The average molecular weight is 277 g/mol. The quantitative estimate of drug-likeness (QED) is 0.913. The second-order valence-corrected chi connectivity index (χ2v) is 5.61. The van der Waals surface area contributed by atoms with Crippen molar-refractivity contribution in [1.82, 2.24) is 15.3 Å². The number of methoxy groups -OCH3 is 1. The number of pyridine rings is 1. The molecule has 4 nitrogen and oxygen atoms in total. The molecule has 2 heterocycles. The molecule has 2 aromatic rings. The molecule has 0 fully saturated rings. The second kappa shape index (κ2) is 6.23. The van der Waals surface area contributed by atoms with Crippen LogP contribution in [-0.4, -0.2) is 24.1 Å². The first kappa shape index (κ1) is 14.1. The number of ether oxygens (including phenoxy) is 1. The summed E-state index contributed by atoms with van der Waals surface area (Å²) in [6, 6.07) is 2.14. The fourth-order valence-electron chi connectivity index (χ4n) is 1.97. The molecule has 5 heteroatoms. The number of rotatable bonds is 5. The third kappa shape index (κ3) is 3.18. The molecule has 2 aromatic heterocycles. The minimum atomic E-state index is 0.540. The first-order valence-electron chi connectivity index (χ1n) is 6.21. The number of aryl methyl sites for hydroxylation is 2. The van der Waals surface area contributed by atoms with E-state index in [4.69, 9.17) is 4.74 Å². The van der Waals surface area contributed by atoms with E-state index in [-0.39, 0.29) is 0 Å². The Morgan fingerprint density at radius 1 is 1.37 bits per heavy atom. The molecule has 102 valence electrons. The van der Waals surface area contributed by atoms with Gasteiger partial charge in [0, 0.05) is 24.7 Å². The maximum atomic E-state index is 5.21. The topological polar surface area (TPSA) is 47.0 Å². The minimum absolute atomic E-state index is 0.540. The third-order valence-corrected chi connectivity index (χ3v) is 3.92. The van der Waals surface area contributed by atoms with Crippen molar-refractivity contribution < 1.29 is 4.74 Å². The van der Waals surface area contributed by atoms with Gasteiger partial charge in [0.2, 0.25) is 0 Å². The van der Waals surface area contributed by atoms with E-state index in [1.165, 1.54) is 10.4 Å². The van der Waals surface area contributed by atoms with Crippen molar-refractivity contribution in [2.24, 2.45) is 0 Å². The Kier molecular flexibility index (Phi) is 4.63. The van der Waals surface area contributed by atoms with Crippen LogP contribution >= 0.6 is 11.3 Å². The molecule has 0 aliphatic carbocycles. The maximum Gasteiger partial charge on any atom is 0.142 e. The fraction of sp³-hybridized carbons (Fsp3) is 0.429. The lowest BCUT2D eigenvalue weighted by atomic mass is 10.2. The molecule has 0 radical (unpaired) electrons. The molecule has 0 atom stereocenters. The Morgan fingerprint density at radius 3 is 2.79 bits per heavy atom. The fourth-order valence-corrected chi connectivity index (χ4v) is 3.11. The highest BCUT2D eigenvalue weighted by Gasteiger charge is 2.14. The van der Waals surface area contributed by atoms with Crippen LogP contribution in [0.1, 0.15) is 21.7 Å². The summed E-state index contributed by atoms with van der Waals surface area (Å²) in [4.78, 5) is 10.4. The van der Waals surface area contributed by atoms with Gasteiger partial charge in [0.25, 0.3) is 0 Å². The number of hydrogen-bond acceptors (Lipinski definition) is 5. The third-order valence-electron chi connectivity index (χ3n) is 2.81. The summed E-state index contributed by atoms with van der Waals surface area (Å²) in [7, 11) is 3.63. The van der Waals surface area contributed by atoms with E-state index in [0.717, 1.165) is 28.5 Å². The summed E-state index contributed by atoms with van der Waals surface area (Å²) in [5, 5.41) is 4.13. The van der Waals surface area contributed by atoms with Gasteiger partial charge in [0.15, 0.2) is 0 Å². The molecular formula is C14H19N3OS. The van der Waals surface area contributed by atoms with Gasteiger partial charge in [-0.15, -0.1) is 11.3 Å². The summed E-state index contributed by atoms with van der Waals surface area (Å²) in [6.45, 7) is 5.47. The highest BCUT2D eigenvalue weighted by Crippen LogP contribution is 2.29. The minimum Gasteiger partial charge on any atom is -0.378 e. The predicted molar refractivity (Wildman–Crippen MR) is 78.3 cm³/mol. The predicted octanol–water partition coefficient (Wildman–Crippen LogP) is 2.69. The lowest BCUT2D eigenvalue weighted by Crippen LogP contribution is -2.06. The monoisotopic (exact) mass is 277 g/mol. The van der Waals surface area contributed by atoms with Crippen LogP contribution in [0, 0.1) is 13.8 Å². The summed E-state index contributed by atoms with van der Waals surface area (Å²) in [6.07, 6.45) is 1.89. The van der Waals surface area contributed by atoms with Crippen molar-refractivity contribution in [2.75, 3.05) is 14.2 Å². The summed E-state index contributed by atoms with van der Waals surface area (Å²) >= 11 is 1.68. The van der Waals surface area contributed by atoms with Gasteiger partial charge in [0.05, 0.1) is 12.3 Å². The number of nitrogens with zero attached hydrogens (tertiary/aromatic N) is 2. The molecule has 0 aliphatic heterocycles. The van der Waals surface area contributed by atoms with Crippen molar-refractivity contribution in [3.8, 4) is 10.7 Å². The smallest absolute Gasteiger partial charge is 0.142 e. The summed E-state index contributed by atoms with van der Waals surface area (Å²) < 4.78 is 5.21. The van der Waals surface area contributed by atoms with E-state index in [9.17, 15) is 0 Å². The van der Waals surface area contributed by atoms with Crippen LogP contribution in [0.15, 0.2) is 12.3 Å². The van der Waals surface area contributed by atoms with Crippen LogP contribution in [0.2, 0.25) is 0 Å². The van der Waals surface area contributed by atoms with E-state index in [0.29, 0.717) is 6.61 Å². The zero-order valence-corrected chi connectivity index (χ0v) is 12.6. The van der Waals surface area contributed by atoms with Crippen LogP contribution in [0.25, 0.3) is 10.7 Å².